The van der Waals surface area contributed by atoms with Gasteiger partial charge >= 0.3 is 10.5 Å². The van der Waals surface area contributed by atoms with Gasteiger partial charge in [-0.15, -0.1) is 0 Å². The molecule has 0 saturated heterocycles. The van der Waals surface area contributed by atoms with E-state index in [1.807, 2.05) is 0 Å². The van der Waals surface area contributed by atoms with Gasteiger partial charge in [-0.1, -0.05) is 16.0 Å². The summed E-state index contributed by atoms with van der Waals surface area (Å²) in [5, 5.41) is 0. The van der Waals surface area contributed by atoms with Crippen molar-refractivity contribution in [3.05, 3.63) is 29.3 Å². The molecule has 1 aliphatic carbocycles. The van der Waals surface area contributed by atoms with Crippen molar-refractivity contribution < 1.29 is 21.3 Å². The predicted molar refractivity (Wildman–Crippen MR) is 49.7 cm³/mol. The van der Waals surface area contributed by atoms with E-state index in [-0.39, 0.29) is 17.1 Å². The summed E-state index contributed by atoms with van der Waals surface area (Å²) in [7, 11) is -5.07. The number of hydrogen-bond acceptors (Lipinski definition) is 4. The minimum Gasteiger partial charge on any atom is -0.358 e. The summed E-state index contributed by atoms with van der Waals surface area (Å²) in [5.74, 6) is -0.443. The van der Waals surface area contributed by atoms with Gasteiger partial charge in [0, 0.05) is 6.42 Å². The third-order valence-corrected chi connectivity index (χ3v) is 2.58. The van der Waals surface area contributed by atoms with E-state index in [9.17, 15) is 17.1 Å². The Morgan fingerprint density at radius 1 is 1.27 bits per heavy atom. The highest BCUT2D eigenvalue weighted by Gasteiger charge is 2.25. The Morgan fingerprint density at radius 2 is 2.00 bits per heavy atom. The van der Waals surface area contributed by atoms with E-state index in [4.69, 9.17) is 0 Å². The summed E-state index contributed by atoms with van der Waals surface area (Å²) in [6.07, 6.45) is 0.847. The van der Waals surface area contributed by atoms with E-state index >= 15 is 0 Å². The zero-order valence-corrected chi connectivity index (χ0v) is 8.38. The van der Waals surface area contributed by atoms with Crippen molar-refractivity contribution in [1.82, 2.24) is 0 Å². The van der Waals surface area contributed by atoms with E-state index in [1.54, 1.807) is 6.07 Å². The Kier molecular flexibility index (Phi) is 2.22. The molecule has 4 nitrogen and oxygen atoms in total. The van der Waals surface area contributed by atoms with Gasteiger partial charge in [-0.3, -0.25) is 4.79 Å². The molecule has 0 heterocycles. The lowest BCUT2D eigenvalue weighted by atomic mass is 10.1. The highest BCUT2D eigenvalue weighted by molar-refractivity contribution is 7.81. The number of fused-ring (bicyclic) bond motifs is 1. The highest BCUT2D eigenvalue weighted by Crippen LogP contribution is 2.31. The number of Topliss-reactive ketones (excluding diaryl/α,β-unsaturated/α-hetero) is 1. The standard InChI is InChI=1S/C9H7FO4S/c10-15(12,13)14-8-3-1-2-6-4-5-7(11)9(6)8/h1-3H,4-5H2. The fourth-order valence-corrected chi connectivity index (χ4v) is 2.00. The number of benzene rings is 1. The third kappa shape index (κ3) is 1.99. The molecule has 0 saturated carbocycles. The van der Waals surface area contributed by atoms with Gasteiger partial charge in [-0.2, -0.15) is 8.42 Å². The smallest absolute Gasteiger partial charge is 0.358 e. The Bertz CT molecular complexity index is 521. The van der Waals surface area contributed by atoms with E-state index in [2.05, 4.69) is 4.18 Å². The van der Waals surface area contributed by atoms with Crippen molar-refractivity contribution in [2.24, 2.45) is 0 Å². The van der Waals surface area contributed by atoms with Gasteiger partial charge in [0.15, 0.2) is 11.5 Å². The number of ketones is 1. The molecular formula is C9H7FO4S. The van der Waals surface area contributed by atoms with Crippen LogP contribution in [-0.2, 0) is 16.9 Å². The van der Waals surface area contributed by atoms with Crippen LogP contribution in [0.4, 0.5) is 3.89 Å². The van der Waals surface area contributed by atoms with Gasteiger partial charge in [-0.25, -0.2) is 0 Å². The largest absolute Gasteiger partial charge is 0.488 e. The molecule has 15 heavy (non-hydrogen) atoms. The van der Waals surface area contributed by atoms with Crippen LogP contribution in [0.1, 0.15) is 22.3 Å². The number of carbonyl (C=O) groups excluding carboxylic acids is 1. The second kappa shape index (κ2) is 3.30. The van der Waals surface area contributed by atoms with Crippen LogP contribution in [0.3, 0.4) is 0 Å². The molecule has 1 aromatic rings. The lowest BCUT2D eigenvalue weighted by Crippen LogP contribution is -2.05. The van der Waals surface area contributed by atoms with Crippen LogP contribution in [0.2, 0.25) is 0 Å². The van der Waals surface area contributed by atoms with Gasteiger partial charge in [0.2, 0.25) is 0 Å². The van der Waals surface area contributed by atoms with Crippen molar-refractivity contribution in [2.75, 3.05) is 0 Å². The number of carbonyl (C=O) groups is 1. The lowest BCUT2D eigenvalue weighted by molar-refractivity contribution is 0.0993. The summed E-state index contributed by atoms with van der Waals surface area (Å²) < 4.78 is 37.0. The molecule has 0 N–H and O–H groups in total. The van der Waals surface area contributed by atoms with E-state index < -0.39 is 10.5 Å². The van der Waals surface area contributed by atoms with Crippen molar-refractivity contribution >= 4 is 16.3 Å². The first-order chi connectivity index (χ1) is 6.97. The Labute approximate surface area is 86.1 Å². The lowest BCUT2D eigenvalue weighted by Gasteiger charge is -2.04. The number of rotatable bonds is 2. The number of aryl methyl sites for hydroxylation is 1. The maximum atomic E-state index is 12.3. The molecule has 0 aliphatic heterocycles. The van der Waals surface area contributed by atoms with Crippen molar-refractivity contribution in [3.8, 4) is 5.75 Å². The van der Waals surface area contributed by atoms with Gasteiger partial charge in [0.05, 0.1) is 5.56 Å². The normalized spacial score (nSPS) is 15.1. The SMILES string of the molecule is O=C1CCc2cccc(OS(=O)(=O)F)c21. The molecule has 0 bridgehead atoms. The first kappa shape index (κ1) is 10.1. The summed E-state index contributed by atoms with van der Waals surface area (Å²) in [6, 6.07) is 4.48. The molecule has 0 spiro atoms. The zero-order valence-electron chi connectivity index (χ0n) is 7.57. The van der Waals surface area contributed by atoms with E-state index in [0.29, 0.717) is 18.4 Å². The fourth-order valence-electron chi connectivity index (χ4n) is 1.65. The number of hydrogen-bond donors (Lipinski definition) is 0. The van der Waals surface area contributed by atoms with Crippen LogP contribution in [0.15, 0.2) is 18.2 Å². The molecule has 0 atom stereocenters. The monoisotopic (exact) mass is 230 g/mol. The third-order valence-electron chi connectivity index (χ3n) is 2.20. The molecule has 0 fully saturated rings. The van der Waals surface area contributed by atoms with Crippen LogP contribution in [0, 0.1) is 0 Å². The minimum absolute atomic E-state index is 0.179. The molecule has 6 heteroatoms. The average Bonchev–Trinajstić information content (AvgIpc) is 2.46. The first-order valence-electron chi connectivity index (χ1n) is 4.26. The summed E-state index contributed by atoms with van der Waals surface area (Å²) in [5.41, 5.74) is 0.875. The molecule has 1 aromatic carbocycles. The molecular weight excluding hydrogens is 223 g/mol. The first-order valence-corrected chi connectivity index (χ1v) is 5.57. The molecule has 0 radical (unpaired) electrons. The van der Waals surface area contributed by atoms with Crippen LogP contribution >= 0.6 is 0 Å². The van der Waals surface area contributed by atoms with Crippen LogP contribution in [0.5, 0.6) is 5.75 Å². The van der Waals surface area contributed by atoms with Gasteiger partial charge in [0.25, 0.3) is 0 Å². The Balaban J connectivity index is 2.50. The van der Waals surface area contributed by atoms with Crippen molar-refractivity contribution in [3.63, 3.8) is 0 Å². The maximum Gasteiger partial charge on any atom is 0.488 e. The minimum atomic E-state index is -5.07. The predicted octanol–water partition coefficient (Wildman–Crippen LogP) is 1.41. The Morgan fingerprint density at radius 3 is 2.67 bits per heavy atom. The summed E-state index contributed by atoms with van der Waals surface area (Å²) >= 11 is 0. The molecule has 0 unspecified atom stereocenters. The van der Waals surface area contributed by atoms with Gasteiger partial charge < -0.3 is 4.18 Å². The molecule has 0 amide bonds. The summed E-state index contributed by atoms with van der Waals surface area (Å²) in [6.45, 7) is 0. The van der Waals surface area contributed by atoms with Crippen LogP contribution in [0.25, 0.3) is 0 Å². The van der Waals surface area contributed by atoms with E-state index in [1.165, 1.54) is 12.1 Å². The molecule has 2 rings (SSSR count). The van der Waals surface area contributed by atoms with E-state index in [0.717, 1.165) is 0 Å². The molecule has 0 aromatic heterocycles. The Hall–Kier alpha value is -1.43. The fraction of sp³-hybridized carbons (Fsp3) is 0.222. The molecule has 1 aliphatic rings. The van der Waals surface area contributed by atoms with Crippen molar-refractivity contribution in [1.29, 1.82) is 0 Å². The molecule has 80 valence electrons. The quantitative estimate of drug-likeness (QED) is 0.721. The zero-order chi connectivity index (χ0) is 11.1. The van der Waals surface area contributed by atoms with Gasteiger partial charge in [-0.05, 0) is 18.1 Å². The summed E-state index contributed by atoms with van der Waals surface area (Å²) in [4.78, 5) is 11.4. The highest BCUT2D eigenvalue weighted by atomic mass is 32.3. The topological polar surface area (TPSA) is 60.4 Å². The second-order valence-corrected chi connectivity index (χ2v) is 4.14. The van der Waals surface area contributed by atoms with Crippen LogP contribution in [-0.4, -0.2) is 14.2 Å². The van der Waals surface area contributed by atoms with Crippen LogP contribution < -0.4 is 4.18 Å². The second-order valence-electron chi connectivity index (χ2n) is 3.19. The maximum absolute atomic E-state index is 12.3. The van der Waals surface area contributed by atoms with Crippen molar-refractivity contribution in [2.45, 2.75) is 12.8 Å². The number of halogens is 1. The average molecular weight is 230 g/mol. The van der Waals surface area contributed by atoms with Gasteiger partial charge in [0.1, 0.15) is 0 Å².